The van der Waals surface area contributed by atoms with E-state index in [2.05, 4.69) is 10.5 Å². The van der Waals surface area contributed by atoms with E-state index in [1.807, 2.05) is 0 Å². The SMILES string of the molecule is Cc1ccc(NC(=O)c2c(-c3ccccc3Cl)noc2C)c([N+](=O)[O-])c1. The van der Waals surface area contributed by atoms with Crippen molar-refractivity contribution < 1.29 is 14.2 Å². The third-order valence-electron chi connectivity index (χ3n) is 3.82. The highest BCUT2D eigenvalue weighted by molar-refractivity contribution is 6.33. The van der Waals surface area contributed by atoms with Crippen LogP contribution < -0.4 is 5.32 Å². The van der Waals surface area contributed by atoms with Crippen LogP contribution in [0.4, 0.5) is 11.4 Å². The summed E-state index contributed by atoms with van der Waals surface area (Å²) >= 11 is 6.19. The van der Waals surface area contributed by atoms with E-state index in [0.29, 0.717) is 16.1 Å². The van der Waals surface area contributed by atoms with Crippen molar-refractivity contribution in [3.05, 3.63) is 74.5 Å². The zero-order valence-electron chi connectivity index (χ0n) is 13.9. The molecule has 1 heterocycles. The second-order valence-corrected chi connectivity index (χ2v) is 6.08. The molecule has 7 nitrogen and oxygen atoms in total. The fraction of sp³-hybridized carbons (Fsp3) is 0.111. The third-order valence-corrected chi connectivity index (χ3v) is 4.15. The lowest BCUT2D eigenvalue weighted by Crippen LogP contribution is -2.14. The number of halogens is 1. The van der Waals surface area contributed by atoms with Gasteiger partial charge in [-0.1, -0.05) is 41.0 Å². The third kappa shape index (κ3) is 3.29. The molecular weight excluding hydrogens is 358 g/mol. The molecule has 2 aromatic carbocycles. The monoisotopic (exact) mass is 371 g/mol. The predicted octanol–water partition coefficient (Wildman–Crippen LogP) is 4.77. The van der Waals surface area contributed by atoms with Crippen molar-refractivity contribution in [1.82, 2.24) is 5.16 Å². The molecule has 8 heteroatoms. The van der Waals surface area contributed by atoms with Crippen LogP contribution in [-0.4, -0.2) is 16.0 Å². The number of nitro groups is 1. The van der Waals surface area contributed by atoms with Crippen LogP contribution in [0.2, 0.25) is 5.02 Å². The van der Waals surface area contributed by atoms with E-state index >= 15 is 0 Å². The maximum Gasteiger partial charge on any atom is 0.293 e. The van der Waals surface area contributed by atoms with Crippen LogP contribution in [-0.2, 0) is 0 Å². The summed E-state index contributed by atoms with van der Waals surface area (Å²) in [7, 11) is 0. The molecule has 132 valence electrons. The number of hydrogen-bond acceptors (Lipinski definition) is 5. The molecule has 0 aliphatic carbocycles. The number of amides is 1. The molecule has 0 unspecified atom stereocenters. The molecule has 1 N–H and O–H groups in total. The summed E-state index contributed by atoms with van der Waals surface area (Å²) in [6.45, 7) is 3.32. The normalized spacial score (nSPS) is 10.6. The average molecular weight is 372 g/mol. The largest absolute Gasteiger partial charge is 0.360 e. The molecule has 0 saturated carbocycles. The number of rotatable bonds is 4. The second-order valence-electron chi connectivity index (χ2n) is 5.67. The first-order valence-corrected chi connectivity index (χ1v) is 8.04. The quantitative estimate of drug-likeness (QED) is 0.526. The van der Waals surface area contributed by atoms with Crippen LogP contribution >= 0.6 is 11.6 Å². The van der Waals surface area contributed by atoms with Gasteiger partial charge in [0.15, 0.2) is 0 Å². The number of nitro benzene ring substituents is 1. The van der Waals surface area contributed by atoms with E-state index in [0.717, 1.165) is 0 Å². The lowest BCUT2D eigenvalue weighted by Gasteiger charge is -2.08. The fourth-order valence-corrected chi connectivity index (χ4v) is 2.79. The Bertz CT molecular complexity index is 1010. The number of aryl methyl sites for hydroxylation is 2. The summed E-state index contributed by atoms with van der Waals surface area (Å²) in [6.07, 6.45) is 0. The van der Waals surface area contributed by atoms with Crippen LogP contribution in [0.15, 0.2) is 47.0 Å². The van der Waals surface area contributed by atoms with Crippen LogP contribution in [0.5, 0.6) is 0 Å². The molecule has 1 aromatic heterocycles. The van der Waals surface area contributed by atoms with Gasteiger partial charge in [0.1, 0.15) is 22.7 Å². The van der Waals surface area contributed by atoms with Crippen molar-refractivity contribution in [3.63, 3.8) is 0 Å². The van der Waals surface area contributed by atoms with Crippen LogP contribution in [0, 0.1) is 24.0 Å². The zero-order valence-corrected chi connectivity index (χ0v) is 14.7. The van der Waals surface area contributed by atoms with E-state index in [4.69, 9.17) is 16.1 Å². The second kappa shape index (κ2) is 6.97. The predicted molar refractivity (Wildman–Crippen MR) is 97.5 cm³/mol. The Morgan fingerprint density at radius 2 is 1.96 bits per heavy atom. The lowest BCUT2D eigenvalue weighted by molar-refractivity contribution is -0.384. The van der Waals surface area contributed by atoms with Gasteiger partial charge in [-0.2, -0.15) is 0 Å². The van der Waals surface area contributed by atoms with Gasteiger partial charge in [-0.15, -0.1) is 0 Å². The average Bonchev–Trinajstić information content (AvgIpc) is 2.98. The summed E-state index contributed by atoms with van der Waals surface area (Å²) in [4.78, 5) is 23.5. The van der Waals surface area contributed by atoms with Crippen LogP contribution in [0.1, 0.15) is 21.7 Å². The Morgan fingerprint density at radius 3 is 2.65 bits per heavy atom. The molecule has 26 heavy (non-hydrogen) atoms. The topological polar surface area (TPSA) is 98.3 Å². The number of nitrogens with zero attached hydrogens (tertiary/aromatic N) is 2. The zero-order chi connectivity index (χ0) is 18.8. The minimum absolute atomic E-state index is 0.0938. The van der Waals surface area contributed by atoms with Crippen LogP contribution in [0.3, 0.4) is 0 Å². The highest BCUT2D eigenvalue weighted by Gasteiger charge is 2.25. The van der Waals surface area contributed by atoms with Gasteiger partial charge in [-0.05, 0) is 31.5 Å². The first kappa shape index (κ1) is 17.6. The van der Waals surface area contributed by atoms with Gasteiger partial charge >= 0.3 is 0 Å². The van der Waals surface area contributed by atoms with Gasteiger partial charge in [0.05, 0.1) is 9.95 Å². The molecular formula is C18H14ClN3O4. The molecule has 3 aromatic rings. The Morgan fingerprint density at radius 1 is 1.23 bits per heavy atom. The summed E-state index contributed by atoms with van der Waals surface area (Å²) in [5.74, 6) is -0.280. The van der Waals surface area contributed by atoms with E-state index in [1.165, 1.54) is 12.1 Å². The number of hydrogen-bond donors (Lipinski definition) is 1. The Labute approximate surface area is 153 Å². The van der Waals surface area contributed by atoms with E-state index in [9.17, 15) is 14.9 Å². The Balaban J connectivity index is 2.02. The van der Waals surface area contributed by atoms with Crippen LogP contribution in [0.25, 0.3) is 11.3 Å². The number of anilines is 1. The van der Waals surface area contributed by atoms with E-state index in [-0.39, 0.29) is 28.4 Å². The molecule has 0 spiro atoms. The number of carbonyl (C=O) groups excluding carboxylic acids is 1. The van der Waals surface area contributed by atoms with Crippen molar-refractivity contribution in [2.24, 2.45) is 0 Å². The minimum Gasteiger partial charge on any atom is -0.360 e. The highest BCUT2D eigenvalue weighted by atomic mass is 35.5. The number of carbonyl (C=O) groups is 1. The summed E-state index contributed by atoms with van der Waals surface area (Å²) in [6, 6.07) is 11.5. The smallest absolute Gasteiger partial charge is 0.293 e. The maximum absolute atomic E-state index is 12.8. The molecule has 0 aliphatic heterocycles. The van der Waals surface area contributed by atoms with Crippen molar-refractivity contribution in [2.75, 3.05) is 5.32 Å². The first-order valence-electron chi connectivity index (χ1n) is 7.66. The summed E-state index contributed by atoms with van der Waals surface area (Å²) < 4.78 is 5.16. The van der Waals surface area contributed by atoms with Gasteiger partial charge in [0.2, 0.25) is 0 Å². The highest BCUT2D eigenvalue weighted by Crippen LogP contribution is 2.32. The summed E-state index contributed by atoms with van der Waals surface area (Å²) in [5, 5.41) is 18.2. The molecule has 0 saturated heterocycles. The number of benzene rings is 2. The van der Waals surface area contributed by atoms with E-state index in [1.54, 1.807) is 44.2 Å². The molecule has 0 bridgehead atoms. The lowest BCUT2D eigenvalue weighted by atomic mass is 10.1. The molecule has 0 aliphatic rings. The summed E-state index contributed by atoms with van der Waals surface area (Å²) in [5.41, 5.74) is 1.61. The van der Waals surface area contributed by atoms with Gasteiger partial charge in [0, 0.05) is 11.6 Å². The van der Waals surface area contributed by atoms with Gasteiger partial charge < -0.3 is 9.84 Å². The molecule has 0 atom stereocenters. The number of nitrogens with one attached hydrogen (secondary N) is 1. The maximum atomic E-state index is 12.8. The molecule has 0 fully saturated rings. The number of aromatic nitrogens is 1. The van der Waals surface area contributed by atoms with Crippen molar-refractivity contribution in [2.45, 2.75) is 13.8 Å². The van der Waals surface area contributed by atoms with Gasteiger partial charge in [0.25, 0.3) is 11.6 Å². The standard InChI is InChI=1S/C18H14ClN3O4/c1-10-7-8-14(15(9-10)22(24)25)20-18(23)16-11(2)26-21-17(16)12-5-3-4-6-13(12)19/h3-9H,1-2H3,(H,20,23). The van der Waals surface area contributed by atoms with Gasteiger partial charge in [-0.3, -0.25) is 14.9 Å². The first-order chi connectivity index (χ1) is 12.4. The Hall–Kier alpha value is -3.19. The van der Waals surface area contributed by atoms with Gasteiger partial charge in [-0.25, -0.2) is 0 Å². The Kier molecular flexibility index (Phi) is 4.73. The molecule has 1 amide bonds. The molecule has 0 radical (unpaired) electrons. The molecule has 3 rings (SSSR count). The van der Waals surface area contributed by atoms with Crippen molar-refractivity contribution in [1.29, 1.82) is 0 Å². The minimum atomic E-state index is -0.564. The van der Waals surface area contributed by atoms with E-state index < -0.39 is 10.8 Å². The van der Waals surface area contributed by atoms with Crippen molar-refractivity contribution >= 4 is 28.9 Å². The fourth-order valence-electron chi connectivity index (χ4n) is 2.56. The van der Waals surface area contributed by atoms with Crippen molar-refractivity contribution in [3.8, 4) is 11.3 Å².